The maximum Gasteiger partial charge on any atom is 0.419 e. The van der Waals surface area contributed by atoms with Crippen molar-refractivity contribution in [3.63, 3.8) is 0 Å². The van der Waals surface area contributed by atoms with Crippen molar-refractivity contribution < 1.29 is 36.6 Å². The SMILES string of the molecule is COP(=O)(CCC(N)(CO)CCCc1ccc(Oc2ccccc2C(F)(F)F)cc1Cl)OC.Cl. The van der Waals surface area contributed by atoms with Crippen LogP contribution in [0.2, 0.25) is 5.02 Å². The van der Waals surface area contributed by atoms with Crippen LogP contribution in [0.5, 0.6) is 11.5 Å². The number of ether oxygens (including phenoxy) is 1. The fourth-order valence-electron chi connectivity index (χ4n) is 3.24. The highest BCUT2D eigenvalue weighted by Crippen LogP contribution is 2.47. The third-order valence-electron chi connectivity index (χ3n) is 5.32. The summed E-state index contributed by atoms with van der Waals surface area (Å²) in [5.74, 6) is -0.132. The van der Waals surface area contributed by atoms with Crippen LogP contribution in [0.1, 0.15) is 30.4 Å². The number of rotatable bonds is 12. The van der Waals surface area contributed by atoms with E-state index in [-0.39, 0.29) is 43.1 Å². The highest BCUT2D eigenvalue weighted by molar-refractivity contribution is 7.53. The maximum absolute atomic E-state index is 13.2. The van der Waals surface area contributed by atoms with Crippen LogP contribution in [0.15, 0.2) is 42.5 Å². The highest BCUT2D eigenvalue weighted by atomic mass is 35.5. The van der Waals surface area contributed by atoms with Crippen LogP contribution >= 0.6 is 31.6 Å². The van der Waals surface area contributed by atoms with Crippen LogP contribution in [0.3, 0.4) is 0 Å². The summed E-state index contributed by atoms with van der Waals surface area (Å²) in [7, 11) is -0.654. The van der Waals surface area contributed by atoms with E-state index in [0.29, 0.717) is 24.3 Å². The molecule has 192 valence electrons. The Hall–Kier alpha value is -1.32. The molecule has 0 bridgehead atoms. The molecule has 0 aromatic heterocycles. The molecule has 2 aromatic rings. The zero-order chi connectivity index (χ0) is 24.7. The van der Waals surface area contributed by atoms with E-state index < -0.39 is 24.9 Å². The van der Waals surface area contributed by atoms with Crippen LogP contribution in [0.4, 0.5) is 13.2 Å². The van der Waals surface area contributed by atoms with Gasteiger partial charge >= 0.3 is 13.8 Å². The molecule has 12 heteroatoms. The summed E-state index contributed by atoms with van der Waals surface area (Å²) in [5.41, 5.74) is 5.16. The van der Waals surface area contributed by atoms with Crippen molar-refractivity contribution in [3.05, 3.63) is 58.6 Å². The van der Waals surface area contributed by atoms with Crippen molar-refractivity contribution in [1.29, 1.82) is 0 Å². The molecule has 0 heterocycles. The van der Waals surface area contributed by atoms with E-state index in [0.717, 1.165) is 11.6 Å². The molecule has 6 nitrogen and oxygen atoms in total. The monoisotopic (exact) mass is 545 g/mol. The van der Waals surface area contributed by atoms with E-state index in [9.17, 15) is 22.8 Å². The molecule has 0 aliphatic rings. The molecule has 0 saturated carbocycles. The third kappa shape index (κ3) is 8.72. The summed E-state index contributed by atoms with van der Waals surface area (Å²) in [6.45, 7) is -0.306. The first-order valence-electron chi connectivity index (χ1n) is 10.2. The average Bonchev–Trinajstić information content (AvgIpc) is 2.78. The largest absolute Gasteiger partial charge is 0.457 e. The second-order valence-electron chi connectivity index (χ2n) is 7.67. The van der Waals surface area contributed by atoms with E-state index >= 15 is 0 Å². The molecule has 34 heavy (non-hydrogen) atoms. The first kappa shape index (κ1) is 30.7. The van der Waals surface area contributed by atoms with Crippen LogP contribution < -0.4 is 10.5 Å². The van der Waals surface area contributed by atoms with Crippen molar-refractivity contribution in [2.45, 2.75) is 37.4 Å². The maximum atomic E-state index is 13.2. The molecule has 0 amide bonds. The molecule has 0 radical (unpaired) electrons. The van der Waals surface area contributed by atoms with Crippen molar-refractivity contribution in [2.24, 2.45) is 5.73 Å². The van der Waals surface area contributed by atoms with Gasteiger partial charge in [-0.1, -0.05) is 29.8 Å². The zero-order valence-corrected chi connectivity index (χ0v) is 21.3. The molecule has 0 aliphatic carbocycles. The van der Waals surface area contributed by atoms with Crippen LogP contribution in [-0.4, -0.2) is 37.6 Å². The minimum atomic E-state index is -4.54. The lowest BCUT2D eigenvalue weighted by Crippen LogP contribution is -2.44. The quantitative estimate of drug-likeness (QED) is 0.297. The minimum absolute atomic E-state index is 0. The van der Waals surface area contributed by atoms with E-state index in [1.165, 1.54) is 38.5 Å². The second-order valence-corrected chi connectivity index (χ2v) is 10.5. The van der Waals surface area contributed by atoms with Gasteiger partial charge in [0.25, 0.3) is 0 Å². The molecular weight excluding hydrogens is 517 g/mol. The highest BCUT2D eigenvalue weighted by Gasteiger charge is 2.34. The lowest BCUT2D eigenvalue weighted by atomic mass is 9.91. The normalized spacial score (nSPS) is 13.8. The lowest BCUT2D eigenvalue weighted by Gasteiger charge is -2.28. The number of aryl methyl sites for hydroxylation is 1. The average molecular weight is 546 g/mol. The van der Waals surface area contributed by atoms with Crippen molar-refractivity contribution in [3.8, 4) is 11.5 Å². The standard InChI is InChI=1S/C22H28ClF3NO5P.ClH/c1-30-33(29,31-2)13-12-21(27,15-28)11-5-6-16-9-10-17(14-19(16)23)32-20-8-4-3-7-18(20)22(24,25)26;/h3-4,7-10,14,28H,5-6,11-13,15,27H2,1-2H3;1H. The molecule has 0 fully saturated rings. The summed E-state index contributed by atoms with van der Waals surface area (Å²) in [4.78, 5) is 0. The summed E-state index contributed by atoms with van der Waals surface area (Å²) in [5, 5.41) is 10.1. The number of benzene rings is 2. The van der Waals surface area contributed by atoms with Crippen molar-refractivity contribution in [1.82, 2.24) is 0 Å². The lowest BCUT2D eigenvalue weighted by molar-refractivity contribution is -0.138. The van der Waals surface area contributed by atoms with Gasteiger partial charge in [0, 0.05) is 24.8 Å². The van der Waals surface area contributed by atoms with Gasteiger partial charge in [-0.15, -0.1) is 12.4 Å². The fourth-order valence-corrected chi connectivity index (χ4v) is 4.74. The molecule has 1 unspecified atom stereocenters. The Morgan fingerprint density at radius 2 is 1.74 bits per heavy atom. The van der Waals surface area contributed by atoms with E-state index in [1.54, 1.807) is 12.1 Å². The minimum Gasteiger partial charge on any atom is -0.457 e. The fraction of sp³-hybridized carbons (Fsp3) is 0.455. The molecule has 3 N–H and O–H groups in total. The topological polar surface area (TPSA) is 91.0 Å². The number of nitrogens with two attached hydrogens (primary N) is 1. The van der Waals surface area contributed by atoms with Gasteiger partial charge in [-0.25, -0.2) is 0 Å². The van der Waals surface area contributed by atoms with Gasteiger partial charge in [0.2, 0.25) is 0 Å². The number of halogens is 5. The summed E-state index contributed by atoms with van der Waals surface area (Å²) in [6, 6.07) is 9.62. The zero-order valence-electron chi connectivity index (χ0n) is 18.8. The Balaban J connectivity index is 0.00000578. The number of aliphatic hydroxyl groups excluding tert-OH is 1. The van der Waals surface area contributed by atoms with Gasteiger partial charge in [0.1, 0.15) is 11.5 Å². The molecule has 2 rings (SSSR count). The Labute approximate surface area is 208 Å². The molecule has 0 spiro atoms. The van der Waals surface area contributed by atoms with Crippen molar-refractivity contribution >= 4 is 31.6 Å². The molecule has 0 aliphatic heterocycles. The van der Waals surface area contributed by atoms with Crippen LogP contribution in [0, 0.1) is 0 Å². The Morgan fingerprint density at radius 1 is 1.09 bits per heavy atom. The van der Waals surface area contributed by atoms with E-state index in [2.05, 4.69) is 0 Å². The molecule has 2 aromatic carbocycles. The number of hydrogen-bond acceptors (Lipinski definition) is 6. The predicted molar refractivity (Wildman–Crippen MR) is 128 cm³/mol. The predicted octanol–water partition coefficient (Wildman–Crippen LogP) is 6.46. The first-order chi connectivity index (χ1) is 15.4. The number of aliphatic hydroxyl groups is 1. The number of para-hydroxylation sites is 1. The number of hydrogen-bond donors (Lipinski definition) is 2. The summed E-state index contributed by atoms with van der Waals surface area (Å²) in [6.07, 6.45) is -2.72. The Kier molecular flexibility index (Phi) is 11.8. The van der Waals surface area contributed by atoms with Gasteiger partial charge < -0.3 is 24.6 Å². The van der Waals surface area contributed by atoms with Crippen LogP contribution in [-0.2, 0) is 26.2 Å². The first-order valence-corrected chi connectivity index (χ1v) is 12.3. The molecular formula is C22H29Cl2F3NO5P. The Morgan fingerprint density at radius 3 is 2.29 bits per heavy atom. The van der Waals surface area contributed by atoms with E-state index in [4.69, 9.17) is 31.1 Å². The number of alkyl halides is 3. The molecule has 0 saturated heterocycles. The second kappa shape index (κ2) is 13.1. The van der Waals surface area contributed by atoms with E-state index in [1.807, 2.05) is 0 Å². The summed E-state index contributed by atoms with van der Waals surface area (Å²) >= 11 is 6.31. The van der Waals surface area contributed by atoms with Gasteiger partial charge in [0.15, 0.2) is 0 Å². The Bertz CT molecular complexity index is 972. The smallest absolute Gasteiger partial charge is 0.419 e. The van der Waals surface area contributed by atoms with Gasteiger partial charge in [-0.3, -0.25) is 4.57 Å². The summed E-state index contributed by atoms with van der Waals surface area (Å²) < 4.78 is 66.9. The van der Waals surface area contributed by atoms with Crippen LogP contribution in [0.25, 0.3) is 0 Å². The van der Waals surface area contributed by atoms with Gasteiger partial charge in [-0.2, -0.15) is 13.2 Å². The molecule has 1 atom stereocenters. The van der Waals surface area contributed by atoms with Crippen molar-refractivity contribution in [2.75, 3.05) is 27.0 Å². The third-order valence-corrected chi connectivity index (χ3v) is 7.56. The van der Waals surface area contributed by atoms with Gasteiger partial charge in [-0.05, 0) is 55.5 Å². The van der Waals surface area contributed by atoms with Gasteiger partial charge in [0.05, 0.1) is 18.3 Å².